The normalized spacial score (nSPS) is 16.2. The van der Waals surface area contributed by atoms with Crippen molar-refractivity contribution in [3.8, 4) is 0 Å². The Morgan fingerprint density at radius 3 is 2.25 bits per heavy atom. The number of hydrogen-bond donors (Lipinski definition) is 1. The second-order valence-corrected chi connectivity index (χ2v) is 5.86. The van der Waals surface area contributed by atoms with Gasteiger partial charge in [-0.15, -0.1) is 0 Å². The molecule has 0 atom stereocenters. The predicted octanol–water partition coefficient (Wildman–Crippen LogP) is 1.32. The van der Waals surface area contributed by atoms with E-state index in [1.54, 1.807) is 32.7 Å². The average molecular weight is 285 g/mol. The van der Waals surface area contributed by atoms with Gasteiger partial charge in [0.05, 0.1) is 0 Å². The summed E-state index contributed by atoms with van der Waals surface area (Å²) in [6.45, 7) is 8.98. The van der Waals surface area contributed by atoms with Gasteiger partial charge in [0.1, 0.15) is 5.54 Å². The highest BCUT2D eigenvalue weighted by Crippen LogP contribution is 2.16. The van der Waals surface area contributed by atoms with Crippen LogP contribution >= 0.6 is 0 Å². The molecular weight excluding hydrogens is 258 g/mol. The van der Waals surface area contributed by atoms with E-state index in [1.807, 2.05) is 0 Å². The van der Waals surface area contributed by atoms with Gasteiger partial charge in [-0.05, 0) is 46.7 Å². The molecule has 1 aliphatic rings. The molecule has 0 radical (unpaired) electrons. The van der Waals surface area contributed by atoms with Crippen LogP contribution in [0.3, 0.4) is 0 Å². The van der Waals surface area contributed by atoms with Crippen LogP contribution in [0.4, 0.5) is 4.79 Å². The smallest absolute Gasteiger partial charge is 0.329 e. The molecule has 0 bridgehead atoms. The molecule has 1 heterocycles. The van der Waals surface area contributed by atoms with Crippen molar-refractivity contribution in [2.45, 2.75) is 39.2 Å². The first-order valence-corrected chi connectivity index (χ1v) is 7.29. The number of carboxylic acids is 1. The molecule has 116 valence electrons. The van der Waals surface area contributed by atoms with E-state index in [9.17, 15) is 14.7 Å². The summed E-state index contributed by atoms with van der Waals surface area (Å²) in [5, 5.41) is 9.26. The molecule has 0 aromatic heterocycles. The lowest BCUT2D eigenvalue weighted by atomic mass is 10.0. The van der Waals surface area contributed by atoms with Gasteiger partial charge in [-0.2, -0.15) is 0 Å². The van der Waals surface area contributed by atoms with Crippen molar-refractivity contribution >= 4 is 12.0 Å². The standard InChI is InChI=1S/C14H27N3O3/c1-5-17(14(2,3)12(18)19)13(20)15(4)10-11-16-8-6-7-9-16/h5-11H2,1-4H3,(H,18,19). The summed E-state index contributed by atoms with van der Waals surface area (Å²) in [7, 11) is 1.74. The molecule has 1 N–H and O–H groups in total. The lowest BCUT2D eigenvalue weighted by Crippen LogP contribution is -2.56. The second kappa shape index (κ2) is 6.92. The van der Waals surface area contributed by atoms with Gasteiger partial charge in [-0.25, -0.2) is 9.59 Å². The van der Waals surface area contributed by atoms with Crippen molar-refractivity contribution in [1.29, 1.82) is 0 Å². The van der Waals surface area contributed by atoms with Crippen LogP contribution in [0.1, 0.15) is 33.6 Å². The fourth-order valence-electron chi connectivity index (χ4n) is 2.48. The third kappa shape index (κ3) is 3.85. The molecule has 1 rings (SSSR count). The van der Waals surface area contributed by atoms with E-state index in [4.69, 9.17) is 0 Å². The zero-order valence-corrected chi connectivity index (χ0v) is 13.1. The van der Waals surface area contributed by atoms with Crippen molar-refractivity contribution in [2.24, 2.45) is 0 Å². The Kier molecular flexibility index (Phi) is 5.80. The number of amides is 2. The molecule has 0 spiro atoms. The molecule has 6 nitrogen and oxygen atoms in total. The second-order valence-electron chi connectivity index (χ2n) is 5.86. The fraction of sp³-hybridized carbons (Fsp3) is 0.857. The van der Waals surface area contributed by atoms with Crippen molar-refractivity contribution in [3.05, 3.63) is 0 Å². The third-order valence-corrected chi connectivity index (χ3v) is 4.02. The molecule has 0 unspecified atom stereocenters. The van der Waals surface area contributed by atoms with Gasteiger partial charge in [-0.3, -0.25) is 0 Å². The van der Waals surface area contributed by atoms with Crippen LogP contribution in [0.15, 0.2) is 0 Å². The number of carboxylic acid groups (broad SMARTS) is 1. The molecule has 2 amide bonds. The number of carbonyl (C=O) groups is 2. The van der Waals surface area contributed by atoms with Crippen LogP contribution in [0, 0.1) is 0 Å². The number of nitrogens with zero attached hydrogens (tertiary/aromatic N) is 3. The maximum Gasteiger partial charge on any atom is 0.329 e. The highest BCUT2D eigenvalue weighted by molar-refractivity contribution is 5.85. The Bertz CT molecular complexity index is 352. The van der Waals surface area contributed by atoms with Gasteiger partial charge in [-0.1, -0.05) is 0 Å². The molecule has 0 aromatic rings. The monoisotopic (exact) mass is 285 g/mol. The third-order valence-electron chi connectivity index (χ3n) is 4.02. The molecule has 1 aliphatic heterocycles. The summed E-state index contributed by atoms with van der Waals surface area (Å²) in [5.74, 6) is -0.986. The van der Waals surface area contributed by atoms with E-state index in [0.29, 0.717) is 13.1 Å². The maximum atomic E-state index is 12.4. The molecule has 0 aromatic carbocycles. The largest absolute Gasteiger partial charge is 0.480 e. The zero-order chi connectivity index (χ0) is 15.3. The minimum atomic E-state index is -1.19. The van der Waals surface area contributed by atoms with Gasteiger partial charge in [0.15, 0.2) is 0 Å². The van der Waals surface area contributed by atoms with Gasteiger partial charge in [0.2, 0.25) is 0 Å². The summed E-state index contributed by atoms with van der Waals surface area (Å²) in [6.07, 6.45) is 2.45. The Labute approximate surface area is 121 Å². The van der Waals surface area contributed by atoms with Crippen LogP contribution < -0.4 is 0 Å². The summed E-state index contributed by atoms with van der Waals surface area (Å²) < 4.78 is 0. The van der Waals surface area contributed by atoms with Crippen molar-refractivity contribution < 1.29 is 14.7 Å². The minimum absolute atomic E-state index is 0.223. The number of aliphatic carboxylic acids is 1. The molecule has 0 saturated carbocycles. The Balaban J connectivity index is 2.58. The number of likely N-dealkylation sites (N-methyl/N-ethyl adjacent to an activating group) is 2. The highest BCUT2D eigenvalue weighted by atomic mass is 16.4. The number of hydrogen-bond acceptors (Lipinski definition) is 3. The fourth-order valence-corrected chi connectivity index (χ4v) is 2.48. The van der Waals surface area contributed by atoms with Crippen LogP contribution in [0.2, 0.25) is 0 Å². The molecular formula is C14H27N3O3. The number of rotatable bonds is 6. The van der Waals surface area contributed by atoms with Crippen LogP contribution in [-0.4, -0.2) is 77.1 Å². The van der Waals surface area contributed by atoms with Gasteiger partial charge in [0.25, 0.3) is 0 Å². The Morgan fingerprint density at radius 2 is 1.80 bits per heavy atom. The number of carbonyl (C=O) groups excluding carboxylic acids is 1. The minimum Gasteiger partial charge on any atom is -0.480 e. The zero-order valence-electron chi connectivity index (χ0n) is 13.1. The van der Waals surface area contributed by atoms with Crippen molar-refractivity contribution in [2.75, 3.05) is 39.8 Å². The van der Waals surface area contributed by atoms with Crippen LogP contribution in [-0.2, 0) is 4.79 Å². The lowest BCUT2D eigenvalue weighted by molar-refractivity contribution is -0.147. The molecule has 6 heteroatoms. The molecule has 1 saturated heterocycles. The van der Waals surface area contributed by atoms with Crippen LogP contribution in [0.25, 0.3) is 0 Å². The van der Waals surface area contributed by atoms with Gasteiger partial charge >= 0.3 is 12.0 Å². The van der Waals surface area contributed by atoms with E-state index in [2.05, 4.69) is 4.90 Å². The van der Waals surface area contributed by atoms with Gasteiger partial charge in [0, 0.05) is 26.7 Å². The van der Waals surface area contributed by atoms with Gasteiger partial charge < -0.3 is 19.8 Å². The molecule has 1 fully saturated rings. The summed E-state index contributed by atoms with van der Waals surface area (Å²) in [5.41, 5.74) is -1.19. The SMILES string of the molecule is CCN(C(=O)N(C)CCN1CCCC1)C(C)(C)C(=O)O. The Hall–Kier alpha value is -1.30. The molecule has 0 aliphatic carbocycles. The first kappa shape index (κ1) is 16.8. The lowest BCUT2D eigenvalue weighted by Gasteiger charge is -2.37. The summed E-state index contributed by atoms with van der Waals surface area (Å²) in [6, 6.07) is -0.223. The van der Waals surface area contributed by atoms with E-state index in [1.165, 1.54) is 17.7 Å². The number of likely N-dealkylation sites (tertiary alicyclic amines) is 1. The topological polar surface area (TPSA) is 64.1 Å². The van der Waals surface area contributed by atoms with E-state index >= 15 is 0 Å². The quantitative estimate of drug-likeness (QED) is 0.799. The van der Waals surface area contributed by atoms with Crippen molar-refractivity contribution in [3.63, 3.8) is 0 Å². The van der Waals surface area contributed by atoms with E-state index in [-0.39, 0.29) is 6.03 Å². The predicted molar refractivity (Wildman–Crippen MR) is 77.8 cm³/mol. The van der Waals surface area contributed by atoms with Crippen LogP contribution in [0.5, 0.6) is 0 Å². The summed E-state index contributed by atoms with van der Waals surface area (Å²) in [4.78, 5) is 29.1. The maximum absolute atomic E-state index is 12.4. The first-order chi connectivity index (χ1) is 9.30. The first-order valence-electron chi connectivity index (χ1n) is 7.29. The Morgan fingerprint density at radius 1 is 1.25 bits per heavy atom. The number of urea groups is 1. The van der Waals surface area contributed by atoms with E-state index in [0.717, 1.165) is 19.6 Å². The average Bonchev–Trinajstić information content (AvgIpc) is 2.89. The molecule has 20 heavy (non-hydrogen) atoms. The van der Waals surface area contributed by atoms with Crippen molar-refractivity contribution in [1.82, 2.24) is 14.7 Å². The highest BCUT2D eigenvalue weighted by Gasteiger charge is 2.38. The van der Waals surface area contributed by atoms with E-state index < -0.39 is 11.5 Å². The summed E-state index contributed by atoms with van der Waals surface area (Å²) >= 11 is 0.